The summed E-state index contributed by atoms with van der Waals surface area (Å²) in [6.07, 6.45) is 1.69. The summed E-state index contributed by atoms with van der Waals surface area (Å²) < 4.78 is 5.34. The van der Waals surface area contributed by atoms with Crippen molar-refractivity contribution in [3.63, 3.8) is 0 Å². The number of nitrogens with one attached hydrogen (secondary N) is 2. The molecule has 0 aliphatic rings. The van der Waals surface area contributed by atoms with E-state index in [0.717, 1.165) is 5.69 Å². The summed E-state index contributed by atoms with van der Waals surface area (Å²) in [7, 11) is 1.60. The van der Waals surface area contributed by atoms with E-state index in [1.54, 1.807) is 31.5 Å². The van der Waals surface area contributed by atoms with Crippen LogP contribution in [-0.4, -0.2) is 17.1 Å². The smallest absolute Gasteiger partial charge is 0.229 e. The summed E-state index contributed by atoms with van der Waals surface area (Å²) in [6.45, 7) is 4.16. The number of nitrogens with zero attached hydrogens (tertiary/aromatic N) is 2. The van der Waals surface area contributed by atoms with E-state index < -0.39 is 0 Å². The Kier molecular flexibility index (Phi) is 5.05. The zero-order chi connectivity index (χ0) is 17.8. The molecule has 3 rings (SSSR count). The van der Waals surface area contributed by atoms with E-state index in [1.807, 2.05) is 18.2 Å². The lowest BCUT2D eigenvalue weighted by molar-refractivity contribution is 0.417. The molecule has 2 aromatic carbocycles. The van der Waals surface area contributed by atoms with Crippen LogP contribution in [0.5, 0.6) is 5.75 Å². The van der Waals surface area contributed by atoms with Gasteiger partial charge in [0.15, 0.2) is 0 Å². The van der Waals surface area contributed by atoms with E-state index in [-0.39, 0.29) is 0 Å². The Balaban J connectivity index is 1.85. The fourth-order valence-electron chi connectivity index (χ4n) is 2.41. The van der Waals surface area contributed by atoms with E-state index in [2.05, 4.69) is 40.5 Å². The fourth-order valence-corrected chi connectivity index (χ4v) is 2.58. The van der Waals surface area contributed by atoms with Crippen LogP contribution in [0.3, 0.4) is 0 Å². The van der Waals surface area contributed by atoms with Crippen LogP contribution >= 0.6 is 11.6 Å². The van der Waals surface area contributed by atoms with Crippen LogP contribution in [-0.2, 0) is 0 Å². The number of rotatable bonds is 5. The third kappa shape index (κ3) is 4.00. The van der Waals surface area contributed by atoms with Gasteiger partial charge in [-0.25, -0.2) is 4.98 Å². The Bertz CT molecular complexity index is 898. The Hall–Kier alpha value is -2.79. The van der Waals surface area contributed by atoms with Gasteiger partial charge in [0.25, 0.3) is 0 Å². The van der Waals surface area contributed by atoms with E-state index >= 15 is 0 Å². The van der Waals surface area contributed by atoms with Gasteiger partial charge in [-0.2, -0.15) is 4.98 Å². The number of benzene rings is 2. The van der Waals surface area contributed by atoms with Gasteiger partial charge in [-0.1, -0.05) is 23.7 Å². The van der Waals surface area contributed by atoms with Gasteiger partial charge in [0, 0.05) is 16.9 Å². The second kappa shape index (κ2) is 7.40. The monoisotopic (exact) mass is 354 g/mol. The van der Waals surface area contributed by atoms with E-state index in [1.165, 1.54) is 11.1 Å². The van der Waals surface area contributed by atoms with Crippen molar-refractivity contribution >= 4 is 34.7 Å². The molecule has 0 saturated heterocycles. The summed E-state index contributed by atoms with van der Waals surface area (Å²) in [4.78, 5) is 8.77. The second-order valence-corrected chi connectivity index (χ2v) is 6.04. The van der Waals surface area contributed by atoms with Gasteiger partial charge >= 0.3 is 0 Å². The molecule has 0 spiro atoms. The Labute approximate surface area is 152 Å². The molecule has 0 radical (unpaired) electrons. The van der Waals surface area contributed by atoms with Crippen LogP contribution in [0, 0.1) is 13.8 Å². The third-order valence-corrected chi connectivity index (χ3v) is 4.17. The first-order valence-electron chi connectivity index (χ1n) is 7.83. The number of methoxy groups -OCH3 is 1. The maximum Gasteiger partial charge on any atom is 0.229 e. The van der Waals surface area contributed by atoms with Crippen molar-refractivity contribution in [1.82, 2.24) is 9.97 Å². The molecule has 25 heavy (non-hydrogen) atoms. The van der Waals surface area contributed by atoms with E-state index in [0.29, 0.717) is 28.2 Å². The average Bonchev–Trinajstić information content (AvgIpc) is 2.60. The molecular weight excluding hydrogens is 336 g/mol. The molecular formula is C19H19ClN4O. The molecule has 0 fully saturated rings. The summed E-state index contributed by atoms with van der Waals surface area (Å²) in [5.74, 6) is 1.82. The molecule has 5 nitrogen and oxygen atoms in total. The predicted octanol–water partition coefficient (Wildman–Crippen LogP) is 5.24. The highest BCUT2D eigenvalue weighted by molar-refractivity contribution is 6.31. The standard InChI is InChI=1S/C19H19ClN4O/c1-12-5-4-6-15(13(12)2)22-18-9-10-21-19(24-18)23-16-11-14(20)7-8-17(16)25-3/h4-11H,1-3H3,(H2,21,22,23,24). The van der Waals surface area contributed by atoms with Crippen LogP contribution in [0.15, 0.2) is 48.7 Å². The minimum Gasteiger partial charge on any atom is -0.495 e. The van der Waals surface area contributed by atoms with Gasteiger partial charge in [0.1, 0.15) is 11.6 Å². The first-order valence-corrected chi connectivity index (χ1v) is 8.21. The molecule has 0 unspecified atom stereocenters. The topological polar surface area (TPSA) is 59.1 Å². The molecule has 1 aromatic heterocycles. The lowest BCUT2D eigenvalue weighted by Gasteiger charge is -2.13. The van der Waals surface area contributed by atoms with Crippen molar-refractivity contribution in [2.75, 3.05) is 17.7 Å². The molecule has 0 saturated carbocycles. The van der Waals surface area contributed by atoms with Crippen LogP contribution in [0.2, 0.25) is 5.02 Å². The zero-order valence-electron chi connectivity index (χ0n) is 14.3. The highest BCUT2D eigenvalue weighted by Crippen LogP contribution is 2.30. The second-order valence-electron chi connectivity index (χ2n) is 5.61. The molecule has 1 heterocycles. The minimum atomic E-state index is 0.455. The maximum absolute atomic E-state index is 6.06. The first kappa shape index (κ1) is 17.0. The third-order valence-electron chi connectivity index (χ3n) is 3.93. The number of aromatic nitrogens is 2. The molecule has 3 aromatic rings. The Morgan fingerprint density at radius 2 is 1.84 bits per heavy atom. The molecule has 0 bridgehead atoms. The molecule has 6 heteroatoms. The van der Waals surface area contributed by atoms with Crippen molar-refractivity contribution in [3.05, 3.63) is 64.8 Å². The van der Waals surface area contributed by atoms with Crippen molar-refractivity contribution in [2.24, 2.45) is 0 Å². The Morgan fingerprint density at radius 3 is 2.64 bits per heavy atom. The predicted molar refractivity (Wildman–Crippen MR) is 103 cm³/mol. The van der Waals surface area contributed by atoms with Gasteiger partial charge in [0.2, 0.25) is 5.95 Å². The fraction of sp³-hybridized carbons (Fsp3) is 0.158. The number of aryl methyl sites for hydroxylation is 1. The quantitative estimate of drug-likeness (QED) is 0.656. The average molecular weight is 355 g/mol. The van der Waals surface area contributed by atoms with Crippen molar-refractivity contribution < 1.29 is 4.74 Å². The molecule has 2 N–H and O–H groups in total. The zero-order valence-corrected chi connectivity index (χ0v) is 15.1. The van der Waals surface area contributed by atoms with Gasteiger partial charge in [-0.3, -0.25) is 0 Å². The van der Waals surface area contributed by atoms with Crippen LogP contribution in [0.25, 0.3) is 0 Å². The number of hydrogen-bond acceptors (Lipinski definition) is 5. The number of hydrogen-bond donors (Lipinski definition) is 2. The van der Waals surface area contributed by atoms with Crippen molar-refractivity contribution in [3.8, 4) is 5.75 Å². The molecule has 0 amide bonds. The minimum absolute atomic E-state index is 0.455. The number of halogens is 1. The van der Waals surface area contributed by atoms with Crippen LogP contribution in [0.4, 0.5) is 23.1 Å². The van der Waals surface area contributed by atoms with Crippen LogP contribution < -0.4 is 15.4 Å². The largest absolute Gasteiger partial charge is 0.495 e. The van der Waals surface area contributed by atoms with Gasteiger partial charge in [-0.15, -0.1) is 0 Å². The molecule has 128 valence electrons. The van der Waals surface area contributed by atoms with E-state index in [4.69, 9.17) is 16.3 Å². The Morgan fingerprint density at radius 1 is 1.00 bits per heavy atom. The molecule has 0 aliphatic carbocycles. The van der Waals surface area contributed by atoms with Crippen LogP contribution in [0.1, 0.15) is 11.1 Å². The highest BCUT2D eigenvalue weighted by atomic mass is 35.5. The summed E-state index contributed by atoms with van der Waals surface area (Å²) in [5.41, 5.74) is 4.14. The summed E-state index contributed by atoms with van der Waals surface area (Å²) in [6, 6.07) is 13.3. The normalized spacial score (nSPS) is 10.4. The first-order chi connectivity index (χ1) is 12.1. The van der Waals surface area contributed by atoms with Gasteiger partial charge in [0.05, 0.1) is 12.8 Å². The highest BCUT2D eigenvalue weighted by Gasteiger charge is 2.08. The summed E-state index contributed by atoms with van der Waals surface area (Å²) >= 11 is 6.06. The number of ether oxygens (including phenoxy) is 1. The van der Waals surface area contributed by atoms with E-state index in [9.17, 15) is 0 Å². The van der Waals surface area contributed by atoms with Crippen molar-refractivity contribution in [2.45, 2.75) is 13.8 Å². The molecule has 0 atom stereocenters. The lowest BCUT2D eigenvalue weighted by atomic mass is 10.1. The SMILES string of the molecule is COc1ccc(Cl)cc1Nc1nccc(Nc2cccc(C)c2C)n1. The maximum atomic E-state index is 6.06. The lowest BCUT2D eigenvalue weighted by Crippen LogP contribution is -2.02. The number of anilines is 4. The molecule has 0 aliphatic heterocycles. The van der Waals surface area contributed by atoms with Gasteiger partial charge < -0.3 is 15.4 Å². The van der Waals surface area contributed by atoms with Gasteiger partial charge in [-0.05, 0) is 55.3 Å². The van der Waals surface area contributed by atoms with Crippen molar-refractivity contribution in [1.29, 1.82) is 0 Å². The summed E-state index contributed by atoms with van der Waals surface area (Å²) in [5, 5.41) is 7.08.